The van der Waals surface area contributed by atoms with Crippen LogP contribution < -0.4 is 5.73 Å². The van der Waals surface area contributed by atoms with E-state index in [9.17, 15) is 22.0 Å². The lowest BCUT2D eigenvalue weighted by atomic mass is 10.2. The molecule has 14 heavy (non-hydrogen) atoms. The summed E-state index contributed by atoms with van der Waals surface area (Å²) >= 11 is 0. The number of rotatable bonds is 5. The van der Waals surface area contributed by atoms with Gasteiger partial charge in [-0.3, -0.25) is 0 Å². The van der Waals surface area contributed by atoms with Crippen molar-refractivity contribution in [2.75, 3.05) is 13.2 Å². The summed E-state index contributed by atoms with van der Waals surface area (Å²) in [6.07, 6.45) is -5.11. The van der Waals surface area contributed by atoms with Gasteiger partial charge in [0.15, 0.2) is 0 Å². The quantitative estimate of drug-likeness (QED) is 0.720. The molecule has 0 aromatic carbocycles. The van der Waals surface area contributed by atoms with Crippen molar-refractivity contribution in [3.63, 3.8) is 0 Å². The Morgan fingerprint density at radius 2 is 1.71 bits per heavy atom. The van der Waals surface area contributed by atoms with Crippen molar-refractivity contribution in [2.24, 2.45) is 5.73 Å². The molecule has 0 aliphatic heterocycles. The van der Waals surface area contributed by atoms with Crippen molar-refractivity contribution in [3.05, 3.63) is 0 Å². The second-order valence-electron chi connectivity index (χ2n) is 2.89. The Hall–Kier alpha value is -0.430. The van der Waals surface area contributed by atoms with Gasteiger partial charge in [-0.2, -0.15) is 22.0 Å². The normalized spacial score (nSPS) is 15.6. The molecule has 86 valence electrons. The number of hydrogen-bond acceptors (Lipinski definition) is 2. The van der Waals surface area contributed by atoms with Gasteiger partial charge in [-0.15, -0.1) is 0 Å². The highest BCUT2D eigenvalue weighted by molar-refractivity contribution is 4.75. The summed E-state index contributed by atoms with van der Waals surface area (Å²) in [5.41, 5.74) is 5.26. The summed E-state index contributed by atoms with van der Waals surface area (Å²) in [5, 5.41) is 0. The maximum absolute atomic E-state index is 12.2. The molecule has 0 radical (unpaired) electrons. The first-order valence-corrected chi connectivity index (χ1v) is 3.98. The van der Waals surface area contributed by atoms with E-state index >= 15 is 0 Å². The van der Waals surface area contributed by atoms with E-state index in [0.29, 0.717) is 6.42 Å². The molecule has 2 N–H and O–H groups in total. The Kier molecular flexibility index (Phi) is 4.73. The van der Waals surface area contributed by atoms with Gasteiger partial charge in [-0.05, 0) is 6.42 Å². The summed E-state index contributed by atoms with van der Waals surface area (Å²) < 4.78 is 63.3. The third-order valence-electron chi connectivity index (χ3n) is 1.55. The first kappa shape index (κ1) is 13.6. The minimum atomic E-state index is -5.57. The number of hydrogen-bond donors (Lipinski definition) is 1. The first-order valence-electron chi connectivity index (χ1n) is 3.98. The first-order chi connectivity index (χ1) is 6.20. The van der Waals surface area contributed by atoms with Crippen LogP contribution in [-0.2, 0) is 4.74 Å². The van der Waals surface area contributed by atoms with E-state index in [1.54, 1.807) is 6.92 Å². The largest absolute Gasteiger partial charge is 0.455 e. The van der Waals surface area contributed by atoms with E-state index in [-0.39, 0.29) is 6.61 Å². The molecule has 0 rings (SSSR count). The maximum Gasteiger partial charge on any atom is 0.455 e. The van der Waals surface area contributed by atoms with Gasteiger partial charge in [0.1, 0.15) is 6.61 Å². The van der Waals surface area contributed by atoms with Crippen LogP contribution in [0.5, 0.6) is 0 Å². The Morgan fingerprint density at radius 3 is 2.07 bits per heavy atom. The Bertz CT molecular complexity index is 170. The average Bonchev–Trinajstić information content (AvgIpc) is 2.01. The van der Waals surface area contributed by atoms with Crippen molar-refractivity contribution >= 4 is 0 Å². The van der Waals surface area contributed by atoms with E-state index < -0.39 is 24.7 Å². The molecule has 2 nitrogen and oxygen atoms in total. The molecule has 0 saturated heterocycles. The van der Waals surface area contributed by atoms with E-state index in [1.165, 1.54) is 0 Å². The standard InChI is InChI=1S/C7H12F5NO/c1-2-5(13)3-14-4-6(8,9)7(10,11)12/h5H,2-4,13H2,1H3. The summed E-state index contributed by atoms with van der Waals surface area (Å²) in [6.45, 7) is -0.303. The zero-order valence-electron chi connectivity index (χ0n) is 7.57. The Labute approximate surface area is 78.2 Å². The fraction of sp³-hybridized carbons (Fsp3) is 1.00. The topological polar surface area (TPSA) is 35.2 Å². The summed E-state index contributed by atoms with van der Waals surface area (Å²) in [7, 11) is 0. The second-order valence-corrected chi connectivity index (χ2v) is 2.89. The van der Waals surface area contributed by atoms with Crippen LogP contribution in [-0.4, -0.2) is 31.4 Å². The lowest BCUT2D eigenvalue weighted by Crippen LogP contribution is -2.41. The van der Waals surface area contributed by atoms with Crippen LogP contribution in [0, 0.1) is 0 Å². The van der Waals surface area contributed by atoms with Gasteiger partial charge in [0.25, 0.3) is 0 Å². The number of nitrogens with two attached hydrogens (primary N) is 1. The van der Waals surface area contributed by atoms with Gasteiger partial charge in [0, 0.05) is 6.04 Å². The van der Waals surface area contributed by atoms with Crippen molar-refractivity contribution in [1.29, 1.82) is 0 Å². The van der Waals surface area contributed by atoms with Crippen LogP contribution in [0.2, 0.25) is 0 Å². The van der Waals surface area contributed by atoms with Crippen LogP contribution in [0.3, 0.4) is 0 Å². The third-order valence-corrected chi connectivity index (χ3v) is 1.55. The highest BCUT2D eigenvalue weighted by Gasteiger charge is 2.57. The fourth-order valence-corrected chi connectivity index (χ4v) is 0.538. The third kappa shape index (κ3) is 4.19. The Morgan fingerprint density at radius 1 is 1.21 bits per heavy atom. The van der Waals surface area contributed by atoms with Crippen molar-refractivity contribution in [2.45, 2.75) is 31.5 Å². The summed E-state index contributed by atoms with van der Waals surface area (Å²) in [5.74, 6) is -4.81. The van der Waals surface area contributed by atoms with E-state index in [2.05, 4.69) is 4.74 Å². The van der Waals surface area contributed by atoms with Crippen molar-refractivity contribution in [1.82, 2.24) is 0 Å². The summed E-state index contributed by atoms with van der Waals surface area (Å²) in [6, 6.07) is -0.515. The van der Waals surface area contributed by atoms with Crippen LogP contribution in [0.4, 0.5) is 22.0 Å². The minimum absolute atomic E-state index is 0.303. The van der Waals surface area contributed by atoms with Gasteiger partial charge < -0.3 is 10.5 Å². The van der Waals surface area contributed by atoms with Gasteiger partial charge in [0.2, 0.25) is 0 Å². The van der Waals surface area contributed by atoms with Gasteiger partial charge in [0.05, 0.1) is 6.61 Å². The van der Waals surface area contributed by atoms with Crippen LogP contribution in [0.15, 0.2) is 0 Å². The SMILES string of the molecule is CCC(N)COCC(F)(F)C(F)(F)F. The maximum atomic E-state index is 12.2. The molecular weight excluding hydrogens is 209 g/mol. The smallest absolute Gasteiger partial charge is 0.373 e. The zero-order chi connectivity index (χ0) is 11.4. The van der Waals surface area contributed by atoms with Crippen molar-refractivity contribution in [3.8, 4) is 0 Å². The monoisotopic (exact) mass is 221 g/mol. The van der Waals surface area contributed by atoms with Crippen LogP contribution >= 0.6 is 0 Å². The van der Waals surface area contributed by atoms with Crippen molar-refractivity contribution < 1.29 is 26.7 Å². The second kappa shape index (κ2) is 4.88. The zero-order valence-corrected chi connectivity index (χ0v) is 7.57. The van der Waals surface area contributed by atoms with E-state index in [0.717, 1.165) is 0 Å². The van der Waals surface area contributed by atoms with E-state index in [4.69, 9.17) is 5.73 Å². The molecule has 0 fully saturated rings. The highest BCUT2D eigenvalue weighted by atomic mass is 19.4. The molecule has 0 aliphatic rings. The molecule has 0 spiro atoms. The van der Waals surface area contributed by atoms with E-state index in [1.807, 2.05) is 0 Å². The van der Waals surface area contributed by atoms with Crippen LogP contribution in [0.1, 0.15) is 13.3 Å². The fourth-order valence-electron chi connectivity index (χ4n) is 0.538. The molecule has 0 aliphatic carbocycles. The number of halogens is 5. The number of alkyl halides is 5. The lowest BCUT2D eigenvalue weighted by molar-refractivity contribution is -0.296. The molecule has 1 atom stereocenters. The van der Waals surface area contributed by atoms with Crippen LogP contribution in [0.25, 0.3) is 0 Å². The molecule has 0 heterocycles. The molecule has 7 heteroatoms. The lowest BCUT2D eigenvalue weighted by Gasteiger charge is -2.20. The Balaban J connectivity index is 3.89. The number of ether oxygens (including phenoxy) is 1. The molecular formula is C7H12F5NO. The molecule has 0 bridgehead atoms. The average molecular weight is 221 g/mol. The predicted octanol–water partition coefficient (Wildman–Crippen LogP) is 1.94. The van der Waals surface area contributed by atoms with Gasteiger partial charge in [-0.1, -0.05) is 6.92 Å². The molecule has 0 saturated carbocycles. The molecule has 1 unspecified atom stereocenters. The molecule has 0 amide bonds. The summed E-state index contributed by atoms with van der Waals surface area (Å²) in [4.78, 5) is 0. The van der Waals surface area contributed by atoms with Gasteiger partial charge in [-0.25, -0.2) is 0 Å². The molecule has 0 aromatic heterocycles. The minimum Gasteiger partial charge on any atom is -0.373 e. The van der Waals surface area contributed by atoms with Gasteiger partial charge >= 0.3 is 12.1 Å². The predicted molar refractivity (Wildman–Crippen MR) is 40.1 cm³/mol. The highest BCUT2D eigenvalue weighted by Crippen LogP contribution is 2.35. The molecule has 0 aromatic rings.